The molecule has 0 spiro atoms. The van der Waals surface area contributed by atoms with Gasteiger partial charge in [-0.25, -0.2) is 14.4 Å². The van der Waals surface area contributed by atoms with Gasteiger partial charge in [0.25, 0.3) is 11.8 Å². The number of amides is 2. The summed E-state index contributed by atoms with van der Waals surface area (Å²) in [5, 5.41) is 6.79. The molecule has 4 rings (SSSR count). The average Bonchev–Trinajstić information content (AvgIpc) is 3.18. The average molecular weight is 456 g/mol. The predicted molar refractivity (Wildman–Crippen MR) is 120 cm³/mol. The number of anilines is 3. The Hall–Kier alpha value is -3.60. The number of halogens is 1. The Morgan fingerprint density at radius 3 is 2.75 bits per heavy atom. The lowest BCUT2D eigenvalue weighted by Crippen LogP contribution is -2.48. The monoisotopic (exact) mass is 455 g/mol. The van der Waals surface area contributed by atoms with Gasteiger partial charge in [0.1, 0.15) is 16.6 Å². The SMILES string of the molecule is Cc1cc(Nc2nc(N3CCCC(NC(=O)c4ccc(F)cc4)C3)cnc2C(N)=O)sn1. The number of piperidine rings is 1. The van der Waals surface area contributed by atoms with Crippen molar-refractivity contribution in [2.45, 2.75) is 25.8 Å². The molecule has 1 saturated heterocycles. The summed E-state index contributed by atoms with van der Waals surface area (Å²) in [6.07, 6.45) is 3.15. The Bertz CT molecular complexity index is 1140. The third kappa shape index (κ3) is 4.99. The van der Waals surface area contributed by atoms with Gasteiger partial charge in [0.2, 0.25) is 0 Å². The number of nitrogens with one attached hydrogen (secondary N) is 2. The fourth-order valence-electron chi connectivity index (χ4n) is 3.51. The van der Waals surface area contributed by atoms with Crippen molar-refractivity contribution in [2.24, 2.45) is 5.73 Å². The molecule has 0 bridgehead atoms. The first-order valence-corrected chi connectivity index (χ1v) is 10.8. The smallest absolute Gasteiger partial charge is 0.271 e. The number of primary amides is 1. The molecule has 2 amide bonds. The molecule has 3 aromatic rings. The van der Waals surface area contributed by atoms with Crippen LogP contribution < -0.4 is 21.3 Å². The molecule has 1 aliphatic rings. The van der Waals surface area contributed by atoms with Crippen LogP contribution in [0.1, 0.15) is 39.4 Å². The number of benzene rings is 1. The van der Waals surface area contributed by atoms with Crippen molar-refractivity contribution in [3.05, 3.63) is 59.3 Å². The lowest BCUT2D eigenvalue weighted by atomic mass is 10.0. The Labute approximate surface area is 188 Å². The van der Waals surface area contributed by atoms with Crippen molar-refractivity contribution in [3.8, 4) is 0 Å². The van der Waals surface area contributed by atoms with E-state index >= 15 is 0 Å². The highest BCUT2D eigenvalue weighted by Gasteiger charge is 2.24. The molecule has 1 aromatic carbocycles. The molecular weight excluding hydrogens is 433 g/mol. The summed E-state index contributed by atoms with van der Waals surface area (Å²) in [4.78, 5) is 35.1. The van der Waals surface area contributed by atoms with Gasteiger partial charge in [-0.05, 0) is 61.6 Å². The largest absolute Gasteiger partial charge is 0.364 e. The summed E-state index contributed by atoms with van der Waals surface area (Å²) < 4.78 is 17.3. The van der Waals surface area contributed by atoms with Gasteiger partial charge in [-0.3, -0.25) is 9.59 Å². The maximum absolute atomic E-state index is 13.1. The molecular formula is C21H22FN7O2S. The van der Waals surface area contributed by atoms with Crippen LogP contribution in [0, 0.1) is 12.7 Å². The molecule has 1 atom stereocenters. The summed E-state index contributed by atoms with van der Waals surface area (Å²) in [5.74, 6) is -0.498. The lowest BCUT2D eigenvalue weighted by molar-refractivity contribution is 0.0931. The number of nitrogens with two attached hydrogens (primary N) is 1. The van der Waals surface area contributed by atoms with E-state index < -0.39 is 5.91 Å². The van der Waals surface area contributed by atoms with Gasteiger partial charge in [-0.1, -0.05) is 0 Å². The zero-order valence-corrected chi connectivity index (χ0v) is 18.2. The van der Waals surface area contributed by atoms with Crippen LogP contribution in [0.4, 0.5) is 21.0 Å². The summed E-state index contributed by atoms with van der Waals surface area (Å²) in [6.45, 7) is 3.12. The molecule has 0 aliphatic carbocycles. The topological polar surface area (TPSA) is 126 Å². The van der Waals surface area contributed by atoms with Gasteiger partial charge < -0.3 is 21.3 Å². The van der Waals surface area contributed by atoms with Crippen LogP contribution in [0.2, 0.25) is 0 Å². The molecule has 0 radical (unpaired) electrons. The lowest BCUT2D eigenvalue weighted by Gasteiger charge is -2.34. The zero-order valence-electron chi connectivity index (χ0n) is 17.3. The van der Waals surface area contributed by atoms with Crippen molar-refractivity contribution >= 4 is 40.0 Å². The first-order chi connectivity index (χ1) is 15.4. The molecule has 1 unspecified atom stereocenters. The minimum atomic E-state index is -0.684. The van der Waals surface area contributed by atoms with Gasteiger partial charge in [0.05, 0.1) is 11.9 Å². The van der Waals surface area contributed by atoms with Gasteiger partial charge in [0.15, 0.2) is 11.5 Å². The van der Waals surface area contributed by atoms with Gasteiger partial charge in [-0.15, -0.1) is 0 Å². The van der Waals surface area contributed by atoms with Crippen LogP contribution >= 0.6 is 11.5 Å². The van der Waals surface area contributed by atoms with E-state index in [1.807, 2.05) is 17.9 Å². The number of rotatable bonds is 6. The van der Waals surface area contributed by atoms with Crippen LogP contribution in [0.5, 0.6) is 0 Å². The number of carbonyl (C=O) groups excluding carboxylic acids is 2. The summed E-state index contributed by atoms with van der Waals surface area (Å²) >= 11 is 1.25. The van der Waals surface area contributed by atoms with Gasteiger partial charge >= 0.3 is 0 Å². The second kappa shape index (κ2) is 9.27. The Morgan fingerprint density at radius 2 is 2.06 bits per heavy atom. The van der Waals surface area contributed by atoms with Gasteiger partial charge in [0, 0.05) is 24.7 Å². The predicted octanol–water partition coefficient (Wildman–Crippen LogP) is 2.62. The van der Waals surface area contributed by atoms with E-state index in [9.17, 15) is 14.0 Å². The van der Waals surface area contributed by atoms with Crippen molar-refractivity contribution < 1.29 is 14.0 Å². The third-order valence-corrected chi connectivity index (χ3v) is 5.85. The quantitative estimate of drug-likeness (QED) is 0.522. The minimum absolute atomic E-state index is 0.0398. The first kappa shape index (κ1) is 21.6. The minimum Gasteiger partial charge on any atom is -0.364 e. The Morgan fingerprint density at radius 1 is 1.28 bits per heavy atom. The highest BCUT2D eigenvalue weighted by Crippen LogP contribution is 2.25. The van der Waals surface area contributed by atoms with E-state index in [0.717, 1.165) is 30.1 Å². The van der Waals surface area contributed by atoms with E-state index in [1.165, 1.54) is 42.0 Å². The summed E-state index contributed by atoms with van der Waals surface area (Å²) in [6, 6.07) is 7.16. The number of aromatic nitrogens is 3. The van der Waals surface area contributed by atoms with Crippen LogP contribution in [-0.2, 0) is 0 Å². The fourth-order valence-corrected chi connectivity index (χ4v) is 4.17. The number of hydrogen-bond acceptors (Lipinski definition) is 8. The standard InChI is InChI=1S/C21H22FN7O2S/c1-12-9-17(32-28-12)27-20-18(19(23)30)24-10-16(26-20)29-8-2-3-15(11-29)25-21(31)13-4-6-14(22)7-5-13/h4-7,9-10,15H,2-3,8,11H2,1H3,(H2,23,30)(H,25,31)(H,26,27). The molecule has 11 heteroatoms. The maximum Gasteiger partial charge on any atom is 0.271 e. The van der Waals surface area contributed by atoms with Crippen LogP contribution in [0.15, 0.2) is 36.5 Å². The second-order valence-electron chi connectivity index (χ2n) is 7.51. The van der Waals surface area contributed by atoms with E-state index in [1.54, 1.807) is 0 Å². The molecule has 1 fully saturated rings. The second-order valence-corrected chi connectivity index (χ2v) is 8.32. The van der Waals surface area contributed by atoms with E-state index in [2.05, 4.69) is 25.0 Å². The molecule has 0 saturated carbocycles. The maximum atomic E-state index is 13.1. The van der Waals surface area contributed by atoms with Crippen LogP contribution in [0.25, 0.3) is 0 Å². The van der Waals surface area contributed by atoms with Crippen molar-refractivity contribution in [1.29, 1.82) is 0 Å². The van der Waals surface area contributed by atoms with Gasteiger partial charge in [-0.2, -0.15) is 4.37 Å². The molecule has 32 heavy (non-hydrogen) atoms. The summed E-state index contributed by atoms with van der Waals surface area (Å²) in [7, 11) is 0. The van der Waals surface area contributed by atoms with Crippen molar-refractivity contribution in [1.82, 2.24) is 19.7 Å². The Kier molecular flexibility index (Phi) is 6.26. The molecule has 166 valence electrons. The number of hydrogen-bond donors (Lipinski definition) is 3. The summed E-state index contributed by atoms with van der Waals surface area (Å²) in [5.41, 5.74) is 6.75. The molecule has 9 nitrogen and oxygen atoms in total. The highest BCUT2D eigenvalue weighted by atomic mass is 32.1. The van der Waals surface area contributed by atoms with E-state index in [4.69, 9.17) is 5.73 Å². The van der Waals surface area contributed by atoms with E-state index in [0.29, 0.717) is 17.9 Å². The fraction of sp³-hybridized carbons (Fsp3) is 0.286. The van der Waals surface area contributed by atoms with Crippen LogP contribution in [-0.4, -0.2) is 45.3 Å². The van der Waals surface area contributed by atoms with Crippen LogP contribution in [0.3, 0.4) is 0 Å². The van der Waals surface area contributed by atoms with Crippen molar-refractivity contribution in [2.75, 3.05) is 23.3 Å². The first-order valence-electron chi connectivity index (χ1n) is 10.1. The number of carbonyl (C=O) groups is 2. The molecule has 2 aromatic heterocycles. The molecule has 4 N–H and O–H groups in total. The number of aryl methyl sites for hydroxylation is 1. The molecule has 1 aliphatic heterocycles. The normalized spacial score (nSPS) is 15.9. The van der Waals surface area contributed by atoms with Crippen molar-refractivity contribution in [3.63, 3.8) is 0 Å². The highest BCUT2D eigenvalue weighted by molar-refractivity contribution is 7.10. The third-order valence-electron chi connectivity index (χ3n) is 5.05. The van der Waals surface area contributed by atoms with E-state index in [-0.39, 0.29) is 29.3 Å². The molecule has 3 heterocycles. The number of nitrogens with zero attached hydrogens (tertiary/aromatic N) is 4. The Balaban J connectivity index is 1.49. The zero-order chi connectivity index (χ0) is 22.7.